The molecule has 0 atom stereocenters. The van der Waals surface area contributed by atoms with Crippen LogP contribution >= 0.6 is 0 Å². The van der Waals surface area contributed by atoms with E-state index < -0.39 is 0 Å². The molecule has 0 N–H and O–H groups in total. The molecule has 0 unspecified atom stereocenters. The van der Waals surface area contributed by atoms with Crippen LogP contribution in [0.2, 0.25) is 0 Å². The van der Waals surface area contributed by atoms with Crippen LogP contribution in [0.15, 0.2) is 18.3 Å². The van der Waals surface area contributed by atoms with Gasteiger partial charge in [0.1, 0.15) is 18.1 Å². The summed E-state index contributed by atoms with van der Waals surface area (Å²) in [5.74, 6) is 0.537. The first-order valence-electron chi connectivity index (χ1n) is 9.09. The number of carbonyl (C=O) groups is 1. The molecule has 1 heterocycles. The van der Waals surface area contributed by atoms with E-state index in [1.165, 1.54) is 0 Å². The van der Waals surface area contributed by atoms with E-state index in [-0.39, 0.29) is 11.7 Å². The summed E-state index contributed by atoms with van der Waals surface area (Å²) in [6, 6.07) is 3.39. The fourth-order valence-electron chi connectivity index (χ4n) is 1.95. The van der Waals surface area contributed by atoms with Gasteiger partial charge in [-0.1, -0.05) is 13.8 Å². The van der Waals surface area contributed by atoms with Gasteiger partial charge in [-0.05, 0) is 13.0 Å². The van der Waals surface area contributed by atoms with Crippen molar-refractivity contribution in [2.75, 3.05) is 59.5 Å². The van der Waals surface area contributed by atoms with E-state index in [4.69, 9.17) is 23.7 Å². The Morgan fingerprint density at radius 3 is 2.00 bits per heavy atom. The van der Waals surface area contributed by atoms with Gasteiger partial charge in [0.15, 0.2) is 5.78 Å². The fraction of sp³-hybridized carbons (Fsp3) is 0.684. The highest BCUT2D eigenvalue weighted by atomic mass is 16.6. The number of rotatable bonds is 16. The molecule has 0 aromatic carbocycles. The van der Waals surface area contributed by atoms with Gasteiger partial charge in [0.05, 0.1) is 46.2 Å². The van der Waals surface area contributed by atoms with Crippen LogP contribution in [0.3, 0.4) is 0 Å². The zero-order valence-corrected chi connectivity index (χ0v) is 16.1. The molecule has 7 nitrogen and oxygen atoms in total. The lowest BCUT2D eigenvalue weighted by molar-refractivity contribution is -0.00342. The van der Waals surface area contributed by atoms with Gasteiger partial charge in [0, 0.05) is 24.8 Å². The molecule has 1 aromatic heterocycles. The Bertz CT molecular complexity index is 495. The first-order chi connectivity index (χ1) is 12.6. The van der Waals surface area contributed by atoms with Gasteiger partial charge >= 0.3 is 0 Å². The molecule has 26 heavy (non-hydrogen) atoms. The maximum absolute atomic E-state index is 11.9. The van der Waals surface area contributed by atoms with Gasteiger partial charge in [-0.3, -0.25) is 9.78 Å². The molecule has 0 aliphatic rings. The van der Waals surface area contributed by atoms with Crippen LogP contribution in [0.25, 0.3) is 0 Å². The largest absolute Gasteiger partial charge is 0.491 e. The van der Waals surface area contributed by atoms with Gasteiger partial charge in [-0.2, -0.15) is 0 Å². The molecule has 0 saturated carbocycles. The number of pyridine rings is 1. The number of ether oxygens (including phenoxy) is 5. The van der Waals surface area contributed by atoms with Crippen molar-refractivity contribution < 1.29 is 28.5 Å². The first-order valence-corrected chi connectivity index (χ1v) is 9.09. The second-order valence-electron chi connectivity index (χ2n) is 5.78. The molecule has 1 rings (SSSR count). The fourth-order valence-corrected chi connectivity index (χ4v) is 1.95. The van der Waals surface area contributed by atoms with E-state index in [1.54, 1.807) is 18.3 Å². The van der Waals surface area contributed by atoms with Crippen LogP contribution in [-0.4, -0.2) is 70.2 Å². The lowest BCUT2D eigenvalue weighted by atomic mass is 10.1. The average Bonchev–Trinajstić information content (AvgIpc) is 2.65. The number of Topliss-reactive ketones (excluding diaryl/α,β-unsaturated/α-hetero) is 1. The van der Waals surface area contributed by atoms with Crippen molar-refractivity contribution in [2.45, 2.75) is 20.8 Å². The van der Waals surface area contributed by atoms with E-state index in [1.807, 2.05) is 20.8 Å². The summed E-state index contributed by atoms with van der Waals surface area (Å²) < 4.78 is 26.9. The summed E-state index contributed by atoms with van der Waals surface area (Å²) >= 11 is 0. The van der Waals surface area contributed by atoms with Crippen molar-refractivity contribution in [2.24, 2.45) is 5.92 Å². The van der Waals surface area contributed by atoms with E-state index in [2.05, 4.69) is 4.98 Å². The number of ketones is 1. The molecule has 1 aromatic rings. The minimum Gasteiger partial charge on any atom is -0.491 e. The highest BCUT2D eigenvalue weighted by molar-refractivity contribution is 5.95. The van der Waals surface area contributed by atoms with Crippen molar-refractivity contribution in [3.8, 4) is 5.75 Å². The maximum atomic E-state index is 11.9. The Hall–Kier alpha value is -1.54. The van der Waals surface area contributed by atoms with Crippen LogP contribution in [-0.2, 0) is 18.9 Å². The lowest BCUT2D eigenvalue weighted by Crippen LogP contribution is -2.14. The normalized spacial score (nSPS) is 11.1. The first kappa shape index (κ1) is 22.5. The van der Waals surface area contributed by atoms with Crippen molar-refractivity contribution >= 4 is 5.78 Å². The molecule has 0 bridgehead atoms. The quantitative estimate of drug-likeness (QED) is 0.327. The topological polar surface area (TPSA) is 76.1 Å². The van der Waals surface area contributed by atoms with E-state index >= 15 is 0 Å². The summed E-state index contributed by atoms with van der Waals surface area (Å²) in [4.78, 5) is 16.0. The average molecular weight is 369 g/mol. The van der Waals surface area contributed by atoms with Crippen molar-refractivity contribution in [1.82, 2.24) is 4.98 Å². The second kappa shape index (κ2) is 14.6. The molecule has 0 radical (unpaired) electrons. The van der Waals surface area contributed by atoms with Gasteiger partial charge in [0.25, 0.3) is 0 Å². The third-order valence-electron chi connectivity index (χ3n) is 3.32. The summed E-state index contributed by atoms with van der Waals surface area (Å²) in [6.07, 6.45) is 1.58. The minimum absolute atomic E-state index is 0.00529. The number of hydrogen-bond donors (Lipinski definition) is 0. The van der Waals surface area contributed by atoms with Crippen LogP contribution in [0.5, 0.6) is 5.75 Å². The predicted molar refractivity (Wildman–Crippen MR) is 97.9 cm³/mol. The lowest BCUT2D eigenvalue weighted by Gasteiger charge is -2.09. The SMILES string of the molecule is CCOCCOCCOCCOCCOc1ccnc(C(=O)C(C)C)c1. The molecule has 7 heteroatoms. The Morgan fingerprint density at radius 2 is 1.46 bits per heavy atom. The minimum atomic E-state index is -0.0869. The third kappa shape index (κ3) is 10.5. The number of carbonyl (C=O) groups excluding carboxylic acids is 1. The highest BCUT2D eigenvalue weighted by Gasteiger charge is 2.12. The molecular weight excluding hydrogens is 338 g/mol. The molecule has 0 aliphatic heterocycles. The van der Waals surface area contributed by atoms with Gasteiger partial charge in [-0.25, -0.2) is 0 Å². The number of hydrogen-bond acceptors (Lipinski definition) is 7. The summed E-state index contributed by atoms with van der Waals surface area (Å²) in [5, 5.41) is 0. The predicted octanol–water partition coefficient (Wildman–Crippen LogP) is 2.39. The van der Waals surface area contributed by atoms with Crippen LogP contribution in [0.1, 0.15) is 31.3 Å². The van der Waals surface area contributed by atoms with Gasteiger partial charge in [-0.15, -0.1) is 0 Å². The molecule has 148 valence electrons. The van der Waals surface area contributed by atoms with E-state index in [0.29, 0.717) is 70.9 Å². The van der Waals surface area contributed by atoms with Crippen molar-refractivity contribution in [3.63, 3.8) is 0 Å². The van der Waals surface area contributed by atoms with Crippen LogP contribution in [0.4, 0.5) is 0 Å². The maximum Gasteiger partial charge on any atom is 0.183 e. The van der Waals surface area contributed by atoms with Crippen molar-refractivity contribution in [1.29, 1.82) is 0 Å². The Morgan fingerprint density at radius 1 is 0.923 bits per heavy atom. The third-order valence-corrected chi connectivity index (χ3v) is 3.32. The Labute approximate surface area is 155 Å². The summed E-state index contributed by atoms with van der Waals surface area (Å²) in [5.41, 5.74) is 0.426. The zero-order chi connectivity index (χ0) is 19.0. The Kier molecular flexibility index (Phi) is 12.6. The number of aromatic nitrogens is 1. The molecular formula is C19H31NO6. The molecule has 0 saturated heterocycles. The zero-order valence-electron chi connectivity index (χ0n) is 16.1. The van der Waals surface area contributed by atoms with Crippen LogP contribution in [0, 0.1) is 5.92 Å². The molecule has 0 fully saturated rings. The molecule has 0 spiro atoms. The second-order valence-corrected chi connectivity index (χ2v) is 5.78. The van der Waals surface area contributed by atoms with Gasteiger partial charge in [0.2, 0.25) is 0 Å². The standard InChI is InChI=1S/C19H31NO6/c1-4-22-7-8-23-9-10-24-11-12-25-13-14-26-17-5-6-20-18(15-17)19(21)16(2)3/h5-6,15-16H,4,7-14H2,1-3H3. The van der Waals surface area contributed by atoms with E-state index in [0.717, 1.165) is 0 Å². The molecule has 0 aliphatic carbocycles. The number of nitrogens with zero attached hydrogens (tertiary/aromatic N) is 1. The summed E-state index contributed by atoms with van der Waals surface area (Å²) in [6.45, 7) is 10.5. The summed E-state index contributed by atoms with van der Waals surface area (Å²) in [7, 11) is 0. The van der Waals surface area contributed by atoms with Gasteiger partial charge < -0.3 is 23.7 Å². The molecule has 0 amide bonds. The monoisotopic (exact) mass is 369 g/mol. The Balaban J connectivity index is 1.99. The van der Waals surface area contributed by atoms with Crippen LogP contribution < -0.4 is 4.74 Å². The smallest absolute Gasteiger partial charge is 0.183 e. The van der Waals surface area contributed by atoms with E-state index in [9.17, 15) is 4.79 Å². The highest BCUT2D eigenvalue weighted by Crippen LogP contribution is 2.13. The van der Waals surface area contributed by atoms with Crippen molar-refractivity contribution in [3.05, 3.63) is 24.0 Å².